The minimum Gasteiger partial charge on any atom is -0.446 e. The van der Waals surface area contributed by atoms with Crippen LogP contribution in [0.4, 0.5) is 4.79 Å². The van der Waals surface area contributed by atoms with E-state index in [0.29, 0.717) is 19.6 Å². The highest BCUT2D eigenvalue weighted by atomic mass is 16.6. The molecule has 1 amide bonds. The molecule has 0 radical (unpaired) electrons. The van der Waals surface area contributed by atoms with E-state index in [1.807, 2.05) is 0 Å². The summed E-state index contributed by atoms with van der Waals surface area (Å²) in [4.78, 5) is 22.7. The Kier molecular flexibility index (Phi) is 5.25. The smallest absolute Gasteiger partial charge is 0.407 e. The van der Waals surface area contributed by atoms with Gasteiger partial charge in [-0.25, -0.2) is 4.79 Å². The van der Waals surface area contributed by atoms with E-state index in [2.05, 4.69) is 5.32 Å². The van der Waals surface area contributed by atoms with Gasteiger partial charge < -0.3 is 14.8 Å². The van der Waals surface area contributed by atoms with Gasteiger partial charge in [0.25, 0.3) is 0 Å². The maximum atomic E-state index is 11.4. The van der Waals surface area contributed by atoms with E-state index in [1.54, 1.807) is 13.8 Å². The minimum absolute atomic E-state index is 0.00364. The Bertz CT molecular complexity index is 248. The molecule has 1 atom stereocenters. The fourth-order valence-electron chi connectivity index (χ4n) is 1.54. The molecule has 5 nitrogen and oxygen atoms in total. The van der Waals surface area contributed by atoms with Gasteiger partial charge >= 0.3 is 6.09 Å². The van der Waals surface area contributed by atoms with Crippen LogP contribution >= 0.6 is 0 Å². The number of Topliss-reactive ketones (excluding diaryl/α,β-unsaturated/α-hetero) is 1. The molecule has 0 aliphatic carbocycles. The van der Waals surface area contributed by atoms with Gasteiger partial charge in [-0.1, -0.05) is 6.92 Å². The summed E-state index contributed by atoms with van der Waals surface area (Å²) in [6, 6.07) is -0.475. The van der Waals surface area contributed by atoms with Gasteiger partial charge in [0.1, 0.15) is 6.10 Å². The molecule has 1 heterocycles. The summed E-state index contributed by atoms with van der Waals surface area (Å²) in [5.74, 6) is 0.00364. The molecule has 0 aromatic heterocycles. The molecule has 16 heavy (non-hydrogen) atoms. The molecule has 0 aromatic carbocycles. The van der Waals surface area contributed by atoms with Crippen molar-refractivity contribution in [3.05, 3.63) is 0 Å². The lowest BCUT2D eigenvalue weighted by molar-refractivity contribution is -0.120. The van der Waals surface area contributed by atoms with Gasteiger partial charge in [-0.15, -0.1) is 0 Å². The van der Waals surface area contributed by atoms with E-state index in [0.717, 1.165) is 12.8 Å². The topological polar surface area (TPSA) is 64.6 Å². The van der Waals surface area contributed by atoms with Crippen molar-refractivity contribution in [1.82, 2.24) is 5.32 Å². The number of ether oxygens (including phenoxy) is 2. The molecule has 0 bridgehead atoms. The maximum Gasteiger partial charge on any atom is 0.407 e. The lowest BCUT2D eigenvalue weighted by Crippen LogP contribution is -2.40. The Labute approximate surface area is 95.5 Å². The first-order valence-corrected chi connectivity index (χ1v) is 5.71. The second-order valence-corrected chi connectivity index (χ2v) is 3.90. The molecule has 1 N–H and O–H groups in total. The highest BCUT2D eigenvalue weighted by Gasteiger charge is 2.20. The Morgan fingerprint density at radius 1 is 1.44 bits per heavy atom. The number of hydrogen-bond donors (Lipinski definition) is 1. The number of alkyl carbamates (subject to hydrolysis) is 1. The van der Waals surface area contributed by atoms with Crippen LogP contribution in [0, 0.1) is 0 Å². The molecule has 0 unspecified atom stereocenters. The lowest BCUT2D eigenvalue weighted by atomic mass is 10.1. The Balaban J connectivity index is 2.26. The summed E-state index contributed by atoms with van der Waals surface area (Å²) < 4.78 is 10.3. The predicted octanol–water partition coefficient (Wildman–Crippen LogP) is 1.26. The number of nitrogens with one attached hydrogen (secondary N) is 1. The zero-order valence-corrected chi connectivity index (χ0v) is 9.82. The summed E-state index contributed by atoms with van der Waals surface area (Å²) in [5, 5.41) is 2.53. The molecule has 0 saturated carbocycles. The van der Waals surface area contributed by atoms with Crippen molar-refractivity contribution in [3.63, 3.8) is 0 Å². The third-order valence-electron chi connectivity index (χ3n) is 2.61. The first-order chi connectivity index (χ1) is 7.63. The van der Waals surface area contributed by atoms with Crippen LogP contribution in [-0.2, 0) is 14.3 Å². The van der Waals surface area contributed by atoms with E-state index in [1.165, 1.54) is 0 Å². The summed E-state index contributed by atoms with van der Waals surface area (Å²) in [6.45, 7) is 4.68. The second-order valence-electron chi connectivity index (χ2n) is 3.90. The predicted molar refractivity (Wildman–Crippen MR) is 58.2 cm³/mol. The van der Waals surface area contributed by atoms with Crippen LogP contribution in [0.3, 0.4) is 0 Å². The van der Waals surface area contributed by atoms with E-state index < -0.39 is 12.1 Å². The number of amides is 1. The fourth-order valence-corrected chi connectivity index (χ4v) is 1.54. The molecule has 0 spiro atoms. The second kappa shape index (κ2) is 6.48. The average molecular weight is 229 g/mol. The van der Waals surface area contributed by atoms with Crippen LogP contribution < -0.4 is 5.32 Å². The molecule has 0 aromatic rings. The van der Waals surface area contributed by atoms with Crippen molar-refractivity contribution in [2.45, 2.75) is 45.3 Å². The standard InChI is InChI=1S/C11H19NO4/c1-3-10(13)8(2)12-11(14)16-9-4-6-15-7-5-9/h8-9H,3-7H2,1-2H3,(H,12,14)/t8-/m1/s1. The van der Waals surface area contributed by atoms with Crippen molar-refractivity contribution >= 4 is 11.9 Å². The number of rotatable bonds is 4. The molecule has 1 saturated heterocycles. The summed E-state index contributed by atoms with van der Waals surface area (Å²) in [7, 11) is 0. The zero-order chi connectivity index (χ0) is 12.0. The molecule has 1 aliphatic rings. The maximum absolute atomic E-state index is 11.4. The van der Waals surface area contributed by atoms with Crippen molar-refractivity contribution in [2.75, 3.05) is 13.2 Å². The number of hydrogen-bond acceptors (Lipinski definition) is 4. The number of carbonyl (C=O) groups excluding carboxylic acids is 2. The van der Waals surface area contributed by atoms with Crippen LogP contribution in [0.1, 0.15) is 33.1 Å². The van der Waals surface area contributed by atoms with E-state index in [9.17, 15) is 9.59 Å². The fraction of sp³-hybridized carbons (Fsp3) is 0.818. The summed E-state index contributed by atoms with van der Waals surface area (Å²) in [5.41, 5.74) is 0. The van der Waals surface area contributed by atoms with Crippen molar-refractivity contribution < 1.29 is 19.1 Å². The SMILES string of the molecule is CCC(=O)[C@@H](C)NC(=O)OC1CCOCC1. The summed E-state index contributed by atoms with van der Waals surface area (Å²) in [6.07, 6.45) is 1.27. The highest BCUT2D eigenvalue weighted by molar-refractivity contribution is 5.86. The van der Waals surface area contributed by atoms with Crippen LogP contribution in [0.2, 0.25) is 0 Å². The molecule has 5 heteroatoms. The van der Waals surface area contributed by atoms with E-state index in [-0.39, 0.29) is 11.9 Å². The number of carbonyl (C=O) groups is 2. The molecular weight excluding hydrogens is 210 g/mol. The Morgan fingerprint density at radius 3 is 2.62 bits per heavy atom. The van der Waals surface area contributed by atoms with E-state index >= 15 is 0 Å². The quantitative estimate of drug-likeness (QED) is 0.788. The Morgan fingerprint density at radius 2 is 2.06 bits per heavy atom. The molecular formula is C11H19NO4. The van der Waals surface area contributed by atoms with Gasteiger partial charge in [-0.3, -0.25) is 4.79 Å². The number of ketones is 1. The highest BCUT2D eigenvalue weighted by Crippen LogP contribution is 2.10. The monoisotopic (exact) mass is 229 g/mol. The van der Waals surface area contributed by atoms with Gasteiger partial charge in [0.15, 0.2) is 5.78 Å². The Hall–Kier alpha value is -1.10. The van der Waals surface area contributed by atoms with Crippen molar-refractivity contribution in [2.24, 2.45) is 0 Å². The first-order valence-electron chi connectivity index (χ1n) is 5.71. The van der Waals surface area contributed by atoms with Crippen molar-refractivity contribution in [3.8, 4) is 0 Å². The van der Waals surface area contributed by atoms with Gasteiger partial charge in [0, 0.05) is 19.3 Å². The molecule has 1 aliphatic heterocycles. The molecule has 1 fully saturated rings. The van der Waals surface area contributed by atoms with Crippen LogP contribution in [-0.4, -0.2) is 37.2 Å². The molecule has 1 rings (SSSR count). The van der Waals surface area contributed by atoms with Gasteiger partial charge in [-0.05, 0) is 6.92 Å². The van der Waals surface area contributed by atoms with Crippen LogP contribution in [0.5, 0.6) is 0 Å². The third kappa shape index (κ3) is 4.18. The van der Waals surface area contributed by atoms with Crippen LogP contribution in [0.25, 0.3) is 0 Å². The zero-order valence-electron chi connectivity index (χ0n) is 9.82. The normalized spacial score (nSPS) is 18.9. The lowest BCUT2D eigenvalue weighted by Gasteiger charge is -2.23. The minimum atomic E-state index is -0.513. The van der Waals surface area contributed by atoms with Crippen molar-refractivity contribution in [1.29, 1.82) is 0 Å². The van der Waals surface area contributed by atoms with Crippen LogP contribution in [0.15, 0.2) is 0 Å². The summed E-state index contributed by atoms with van der Waals surface area (Å²) >= 11 is 0. The van der Waals surface area contributed by atoms with E-state index in [4.69, 9.17) is 9.47 Å². The van der Waals surface area contributed by atoms with Gasteiger partial charge in [0.05, 0.1) is 19.3 Å². The largest absolute Gasteiger partial charge is 0.446 e. The average Bonchev–Trinajstić information content (AvgIpc) is 2.29. The third-order valence-corrected chi connectivity index (χ3v) is 2.61. The first kappa shape index (κ1) is 13.0. The van der Waals surface area contributed by atoms with Gasteiger partial charge in [0.2, 0.25) is 0 Å². The molecule has 92 valence electrons. The van der Waals surface area contributed by atoms with Gasteiger partial charge in [-0.2, -0.15) is 0 Å².